The van der Waals surface area contributed by atoms with Crippen LogP contribution in [0, 0.1) is 6.92 Å². The van der Waals surface area contributed by atoms with Gasteiger partial charge in [0.25, 0.3) is 0 Å². The van der Waals surface area contributed by atoms with E-state index in [4.69, 9.17) is 5.73 Å². The summed E-state index contributed by atoms with van der Waals surface area (Å²) in [6, 6.07) is 5.81. The van der Waals surface area contributed by atoms with E-state index in [9.17, 15) is 4.79 Å². The summed E-state index contributed by atoms with van der Waals surface area (Å²) >= 11 is 0. The van der Waals surface area contributed by atoms with E-state index >= 15 is 0 Å². The van der Waals surface area contributed by atoms with Crippen LogP contribution >= 0.6 is 0 Å². The highest BCUT2D eigenvalue weighted by Gasteiger charge is 2.02. The summed E-state index contributed by atoms with van der Waals surface area (Å²) < 4.78 is 0. The number of anilines is 1. The van der Waals surface area contributed by atoms with E-state index in [-0.39, 0.29) is 5.91 Å². The highest BCUT2D eigenvalue weighted by molar-refractivity contribution is 5.91. The van der Waals surface area contributed by atoms with Gasteiger partial charge in [0.1, 0.15) is 0 Å². The molecular formula is C11H16N2O. The van der Waals surface area contributed by atoms with Gasteiger partial charge in [-0.3, -0.25) is 4.79 Å². The number of nitrogens with one attached hydrogen (secondary N) is 1. The lowest BCUT2D eigenvalue weighted by Crippen LogP contribution is -2.10. The summed E-state index contributed by atoms with van der Waals surface area (Å²) in [5, 5.41) is 2.83. The maximum atomic E-state index is 11.2. The van der Waals surface area contributed by atoms with Crippen molar-refractivity contribution in [3.05, 3.63) is 29.3 Å². The van der Waals surface area contributed by atoms with Crippen LogP contribution in [0.5, 0.6) is 0 Å². The molecule has 0 bridgehead atoms. The molecule has 1 aromatic carbocycles. The number of aryl methyl sites for hydroxylation is 1. The highest BCUT2D eigenvalue weighted by atomic mass is 16.1. The predicted octanol–water partition coefficient (Wildman–Crippen LogP) is 1.80. The Bertz CT molecular complexity index is 334. The zero-order chi connectivity index (χ0) is 10.6. The number of hydrogen-bond acceptors (Lipinski definition) is 2. The Balaban J connectivity index is 2.83. The Morgan fingerprint density at radius 1 is 1.50 bits per heavy atom. The molecule has 0 atom stereocenters. The van der Waals surface area contributed by atoms with E-state index in [0.717, 1.165) is 16.8 Å². The lowest BCUT2D eigenvalue weighted by atomic mass is 10.1. The number of nitrogens with two attached hydrogens (primary N) is 1. The first-order valence-corrected chi connectivity index (χ1v) is 4.76. The van der Waals surface area contributed by atoms with E-state index in [0.29, 0.717) is 13.0 Å². The van der Waals surface area contributed by atoms with Crippen LogP contribution < -0.4 is 11.1 Å². The molecule has 0 fully saturated rings. The van der Waals surface area contributed by atoms with Gasteiger partial charge in [-0.25, -0.2) is 0 Å². The molecule has 1 amide bonds. The van der Waals surface area contributed by atoms with Crippen molar-refractivity contribution in [3.8, 4) is 0 Å². The van der Waals surface area contributed by atoms with Crippen molar-refractivity contribution in [1.82, 2.24) is 0 Å². The fraction of sp³-hybridized carbons (Fsp3) is 0.364. The Kier molecular flexibility index (Phi) is 3.65. The van der Waals surface area contributed by atoms with Crippen LogP contribution in [0.2, 0.25) is 0 Å². The van der Waals surface area contributed by atoms with Gasteiger partial charge in [-0.05, 0) is 24.1 Å². The third kappa shape index (κ3) is 2.57. The summed E-state index contributed by atoms with van der Waals surface area (Å²) in [7, 11) is 0. The standard InChI is InChI=1S/C11H16N2O/c1-3-11(14)13-10-5-4-9(7-12)6-8(10)2/h4-6H,3,7,12H2,1-2H3,(H,13,14). The maximum Gasteiger partial charge on any atom is 0.224 e. The minimum atomic E-state index is 0.0357. The van der Waals surface area contributed by atoms with Gasteiger partial charge in [-0.15, -0.1) is 0 Å². The Hall–Kier alpha value is -1.35. The zero-order valence-corrected chi connectivity index (χ0v) is 8.63. The first-order valence-electron chi connectivity index (χ1n) is 4.76. The van der Waals surface area contributed by atoms with Gasteiger partial charge in [-0.2, -0.15) is 0 Å². The zero-order valence-electron chi connectivity index (χ0n) is 8.63. The van der Waals surface area contributed by atoms with Crippen molar-refractivity contribution in [2.45, 2.75) is 26.8 Å². The van der Waals surface area contributed by atoms with Crippen LogP contribution in [-0.2, 0) is 11.3 Å². The topological polar surface area (TPSA) is 55.1 Å². The third-order valence-electron chi connectivity index (χ3n) is 2.12. The molecule has 0 aliphatic carbocycles. The second-order valence-corrected chi connectivity index (χ2v) is 3.26. The van der Waals surface area contributed by atoms with Crippen LogP contribution in [0.3, 0.4) is 0 Å². The van der Waals surface area contributed by atoms with Gasteiger partial charge in [0, 0.05) is 18.7 Å². The number of amides is 1. The van der Waals surface area contributed by atoms with Crippen molar-refractivity contribution in [1.29, 1.82) is 0 Å². The van der Waals surface area contributed by atoms with Gasteiger partial charge in [0.05, 0.1) is 0 Å². The van der Waals surface area contributed by atoms with E-state index in [1.54, 1.807) is 0 Å². The van der Waals surface area contributed by atoms with E-state index in [1.165, 1.54) is 0 Å². The largest absolute Gasteiger partial charge is 0.326 e. The van der Waals surface area contributed by atoms with Crippen molar-refractivity contribution in [2.75, 3.05) is 5.32 Å². The molecule has 0 aromatic heterocycles. The Morgan fingerprint density at radius 2 is 2.21 bits per heavy atom. The molecule has 1 rings (SSSR count). The van der Waals surface area contributed by atoms with E-state index in [2.05, 4.69) is 5.32 Å². The maximum absolute atomic E-state index is 11.2. The van der Waals surface area contributed by atoms with E-state index in [1.807, 2.05) is 32.0 Å². The molecular weight excluding hydrogens is 176 g/mol. The van der Waals surface area contributed by atoms with E-state index < -0.39 is 0 Å². The fourth-order valence-electron chi connectivity index (χ4n) is 1.23. The predicted molar refractivity (Wildman–Crippen MR) is 58.0 cm³/mol. The molecule has 0 aliphatic rings. The third-order valence-corrected chi connectivity index (χ3v) is 2.12. The fourth-order valence-corrected chi connectivity index (χ4v) is 1.23. The molecule has 3 N–H and O–H groups in total. The molecule has 0 unspecified atom stereocenters. The molecule has 3 nitrogen and oxygen atoms in total. The average Bonchev–Trinajstić information content (AvgIpc) is 2.20. The number of hydrogen-bond donors (Lipinski definition) is 2. The first kappa shape index (κ1) is 10.7. The van der Waals surface area contributed by atoms with Crippen LogP contribution in [0.25, 0.3) is 0 Å². The second-order valence-electron chi connectivity index (χ2n) is 3.26. The van der Waals surface area contributed by atoms with Crippen LogP contribution in [0.1, 0.15) is 24.5 Å². The molecule has 0 saturated heterocycles. The normalized spacial score (nSPS) is 9.93. The molecule has 0 heterocycles. The summed E-state index contributed by atoms with van der Waals surface area (Å²) in [6.45, 7) is 4.33. The summed E-state index contributed by atoms with van der Waals surface area (Å²) in [5.41, 5.74) is 8.51. The smallest absolute Gasteiger partial charge is 0.224 e. The van der Waals surface area contributed by atoms with Crippen molar-refractivity contribution >= 4 is 11.6 Å². The molecule has 3 heteroatoms. The lowest BCUT2D eigenvalue weighted by molar-refractivity contribution is -0.115. The minimum Gasteiger partial charge on any atom is -0.326 e. The quantitative estimate of drug-likeness (QED) is 0.767. The number of benzene rings is 1. The molecule has 0 saturated carbocycles. The Labute approximate surface area is 84.3 Å². The van der Waals surface area contributed by atoms with Crippen molar-refractivity contribution in [2.24, 2.45) is 5.73 Å². The van der Waals surface area contributed by atoms with Gasteiger partial charge < -0.3 is 11.1 Å². The first-order chi connectivity index (χ1) is 6.67. The summed E-state index contributed by atoms with van der Waals surface area (Å²) in [5.74, 6) is 0.0357. The van der Waals surface area contributed by atoms with Crippen LogP contribution in [0.4, 0.5) is 5.69 Å². The average molecular weight is 192 g/mol. The SMILES string of the molecule is CCC(=O)Nc1ccc(CN)cc1C. The summed E-state index contributed by atoms with van der Waals surface area (Å²) in [4.78, 5) is 11.2. The monoisotopic (exact) mass is 192 g/mol. The van der Waals surface area contributed by atoms with Gasteiger partial charge in [0.2, 0.25) is 5.91 Å². The van der Waals surface area contributed by atoms with Crippen LogP contribution in [-0.4, -0.2) is 5.91 Å². The molecule has 0 radical (unpaired) electrons. The number of carbonyl (C=O) groups excluding carboxylic acids is 1. The number of carbonyl (C=O) groups is 1. The number of rotatable bonds is 3. The molecule has 76 valence electrons. The molecule has 1 aromatic rings. The van der Waals surface area contributed by atoms with Gasteiger partial charge in [0.15, 0.2) is 0 Å². The van der Waals surface area contributed by atoms with Crippen molar-refractivity contribution < 1.29 is 4.79 Å². The summed E-state index contributed by atoms with van der Waals surface area (Å²) in [6.07, 6.45) is 0.498. The van der Waals surface area contributed by atoms with Gasteiger partial charge in [-0.1, -0.05) is 19.1 Å². The second kappa shape index (κ2) is 4.77. The highest BCUT2D eigenvalue weighted by Crippen LogP contribution is 2.16. The lowest BCUT2D eigenvalue weighted by Gasteiger charge is -2.08. The van der Waals surface area contributed by atoms with Crippen LogP contribution in [0.15, 0.2) is 18.2 Å². The van der Waals surface area contributed by atoms with Gasteiger partial charge >= 0.3 is 0 Å². The molecule has 14 heavy (non-hydrogen) atoms. The van der Waals surface area contributed by atoms with Crippen molar-refractivity contribution in [3.63, 3.8) is 0 Å². The molecule has 0 spiro atoms. The minimum absolute atomic E-state index is 0.0357. The molecule has 0 aliphatic heterocycles. The Morgan fingerprint density at radius 3 is 2.71 bits per heavy atom.